The smallest absolute Gasteiger partial charge is 0.225 e. The molecular formula is C11H22N4O2. The van der Waals surface area contributed by atoms with Crippen LogP contribution in [-0.4, -0.2) is 61.1 Å². The van der Waals surface area contributed by atoms with Gasteiger partial charge in [-0.15, -0.1) is 0 Å². The van der Waals surface area contributed by atoms with Crippen LogP contribution in [0.2, 0.25) is 0 Å². The van der Waals surface area contributed by atoms with Crippen LogP contribution in [0.4, 0.5) is 0 Å². The first-order valence-electron chi connectivity index (χ1n) is 6.29. The predicted octanol–water partition coefficient (Wildman–Crippen LogP) is -1.24. The summed E-state index contributed by atoms with van der Waals surface area (Å²) < 4.78 is 0. The molecule has 2 heterocycles. The van der Waals surface area contributed by atoms with Gasteiger partial charge in [-0.1, -0.05) is 0 Å². The second-order valence-electron chi connectivity index (χ2n) is 4.99. The van der Waals surface area contributed by atoms with E-state index < -0.39 is 0 Å². The minimum atomic E-state index is 0.192. The molecule has 6 nitrogen and oxygen atoms in total. The van der Waals surface area contributed by atoms with E-state index in [1.807, 2.05) is 4.90 Å². The molecule has 17 heavy (non-hydrogen) atoms. The topological polar surface area (TPSA) is 84.8 Å². The number of carbonyl (C=O) groups excluding carboxylic acids is 1. The first-order valence-corrected chi connectivity index (χ1v) is 6.29. The zero-order valence-corrected chi connectivity index (χ0v) is 10.2. The summed E-state index contributed by atoms with van der Waals surface area (Å²) in [4.78, 5) is 20.8. The van der Waals surface area contributed by atoms with Crippen molar-refractivity contribution < 1.29 is 9.63 Å². The molecule has 0 atom stereocenters. The Morgan fingerprint density at radius 2 is 1.94 bits per heavy atom. The SMILES string of the molecule is NOCCN1CCC(C(=O)N2CC(N)C2)CC1. The number of piperidine rings is 1. The van der Waals surface area contributed by atoms with E-state index in [1.54, 1.807) is 0 Å². The van der Waals surface area contributed by atoms with Crippen LogP contribution in [0.3, 0.4) is 0 Å². The predicted molar refractivity (Wildman–Crippen MR) is 63.9 cm³/mol. The lowest BCUT2D eigenvalue weighted by Crippen LogP contribution is -2.59. The Hall–Kier alpha value is -0.690. The van der Waals surface area contributed by atoms with Gasteiger partial charge < -0.3 is 20.4 Å². The van der Waals surface area contributed by atoms with Crippen LogP contribution >= 0.6 is 0 Å². The van der Waals surface area contributed by atoms with Crippen LogP contribution in [0, 0.1) is 5.92 Å². The van der Waals surface area contributed by atoms with E-state index >= 15 is 0 Å². The van der Waals surface area contributed by atoms with Crippen molar-refractivity contribution in [3.63, 3.8) is 0 Å². The van der Waals surface area contributed by atoms with Gasteiger partial charge in [0.25, 0.3) is 0 Å². The van der Waals surface area contributed by atoms with Crippen molar-refractivity contribution in [3.05, 3.63) is 0 Å². The number of hydrogen-bond acceptors (Lipinski definition) is 5. The van der Waals surface area contributed by atoms with Gasteiger partial charge in [0, 0.05) is 31.6 Å². The van der Waals surface area contributed by atoms with Crippen LogP contribution in [-0.2, 0) is 9.63 Å². The summed E-state index contributed by atoms with van der Waals surface area (Å²) >= 11 is 0. The fraction of sp³-hybridized carbons (Fsp3) is 0.909. The molecule has 0 bridgehead atoms. The Labute approximate surface area is 102 Å². The normalized spacial score (nSPS) is 23.8. The Balaban J connectivity index is 1.69. The summed E-state index contributed by atoms with van der Waals surface area (Å²) in [7, 11) is 0. The van der Waals surface area contributed by atoms with E-state index in [9.17, 15) is 4.79 Å². The highest BCUT2D eigenvalue weighted by Gasteiger charge is 2.33. The molecule has 4 N–H and O–H groups in total. The Morgan fingerprint density at radius 1 is 1.29 bits per heavy atom. The first kappa shape index (κ1) is 12.8. The maximum absolute atomic E-state index is 12.1. The average Bonchev–Trinajstić information content (AvgIpc) is 2.32. The maximum atomic E-state index is 12.1. The maximum Gasteiger partial charge on any atom is 0.225 e. The number of nitrogens with zero attached hydrogens (tertiary/aromatic N) is 2. The van der Waals surface area contributed by atoms with Gasteiger partial charge in [0.2, 0.25) is 5.91 Å². The standard InChI is InChI=1S/C11H22N4O2/c12-10-7-15(8-10)11(16)9-1-3-14(4-2-9)5-6-17-13/h9-10H,1-8,12-13H2. The van der Waals surface area contributed by atoms with Gasteiger partial charge in [-0.2, -0.15) is 0 Å². The van der Waals surface area contributed by atoms with E-state index in [0.29, 0.717) is 12.5 Å². The molecule has 2 fully saturated rings. The molecule has 0 aliphatic carbocycles. The van der Waals surface area contributed by atoms with Gasteiger partial charge >= 0.3 is 0 Å². The Bertz CT molecular complexity index is 260. The first-order chi connectivity index (χ1) is 8.20. The van der Waals surface area contributed by atoms with Crippen LogP contribution in [0.25, 0.3) is 0 Å². The van der Waals surface area contributed by atoms with Crippen molar-refractivity contribution in [1.82, 2.24) is 9.80 Å². The van der Waals surface area contributed by atoms with E-state index in [4.69, 9.17) is 11.6 Å². The van der Waals surface area contributed by atoms with Crippen molar-refractivity contribution in [3.8, 4) is 0 Å². The fourth-order valence-corrected chi connectivity index (χ4v) is 2.54. The Kier molecular flexibility index (Phi) is 4.33. The van der Waals surface area contributed by atoms with Crippen LogP contribution in [0.1, 0.15) is 12.8 Å². The minimum Gasteiger partial charge on any atom is -0.339 e. The molecule has 0 spiro atoms. The zero-order valence-electron chi connectivity index (χ0n) is 10.2. The third-order valence-corrected chi connectivity index (χ3v) is 3.68. The molecule has 0 radical (unpaired) electrons. The van der Waals surface area contributed by atoms with E-state index in [-0.39, 0.29) is 12.0 Å². The molecule has 2 rings (SSSR count). The van der Waals surface area contributed by atoms with Gasteiger partial charge in [0.15, 0.2) is 0 Å². The lowest BCUT2D eigenvalue weighted by Gasteiger charge is -2.41. The number of hydrogen-bond donors (Lipinski definition) is 2. The molecule has 1 amide bonds. The summed E-state index contributed by atoms with van der Waals surface area (Å²) in [5.41, 5.74) is 5.69. The summed E-state index contributed by atoms with van der Waals surface area (Å²) in [6.45, 7) is 4.80. The van der Waals surface area contributed by atoms with Crippen molar-refractivity contribution in [2.75, 3.05) is 39.3 Å². The Morgan fingerprint density at radius 3 is 2.47 bits per heavy atom. The van der Waals surface area contributed by atoms with Gasteiger partial charge in [0.1, 0.15) is 0 Å². The van der Waals surface area contributed by atoms with E-state index in [1.165, 1.54) is 0 Å². The lowest BCUT2D eigenvalue weighted by molar-refractivity contribution is -0.141. The van der Waals surface area contributed by atoms with Gasteiger partial charge in [-0.25, -0.2) is 5.90 Å². The second-order valence-corrected chi connectivity index (χ2v) is 4.99. The number of likely N-dealkylation sites (tertiary alicyclic amines) is 2. The van der Waals surface area contributed by atoms with Crippen molar-refractivity contribution in [2.24, 2.45) is 17.5 Å². The fourth-order valence-electron chi connectivity index (χ4n) is 2.54. The third kappa shape index (κ3) is 3.16. The molecule has 2 saturated heterocycles. The van der Waals surface area contributed by atoms with Crippen LogP contribution in [0.15, 0.2) is 0 Å². The van der Waals surface area contributed by atoms with E-state index in [0.717, 1.165) is 45.6 Å². The highest BCUT2D eigenvalue weighted by molar-refractivity contribution is 5.79. The molecular weight excluding hydrogens is 220 g/mol. The van der Waals surface area contributed by atoms with E-state index in [2.05, 4.69) is 9.74 Å². The van der Waals surface area contributed by atoms with Crippen molar-refractivity contribution in [2.45, 2.75) is 18.9 Å². The molecule has 0 aromatic rings. The highest BCUT2D eigenvalue weighted by Crippen LogP contribution is 2.21. The monoisotopic (exact) mass is 242 g/mol. The van der Waals surface area contributed by atoms with Gasteiger partial charge in [-0.3, -0.25) is 4.79 Å². The summed E-state index contributed by atoms with van der Waals surface area (Å²) in [6, 6.07) is 0.195. The van der Waals surface area contributed by atoms with Crippen LogP contribution < -0.4 is 11.6 Å². The molecule has 2 aliphatic heterocycles. The average molecular weight is 242 g/mol. The van der Waals surface area contributed by atoms with Crippen LogP contribution in [0.5, 0.6) is 0 Å². The molecule has 0 aromatic carbocycles. The quantitative estimate of drug-likeness (QED) is 0.602. The lowest BCUT2D eigenvalue weighted by atomic mass is 9.93. The molecule has 2 aliphatic rings. The number of nitrogens with two attached hydrogens (primary N) is 2. The molecule has 0 unspecified atom stereocenters. The number of rotatable bonds is 4. The largest absolute Gasteiger partial charge is 0.339 e. The molecule has 0 saturated carbocycles. The van der Waals surface area contributed by atoms with Gasteiger partial charge in [0.05, 0.1) is 6.61 Å². The number of carbonyl (C=O) groups is 1. The zero-order chi connectivity index (χ0) is 12.3. The summed E-state index contributed by atoms with van der Waals surface area (Å²) in [6.07, 6.45) is 1.88. The summed E-state index contributed by atoms with van der Waals surface area (Å²) in [5, 5.41) is 0. The second kappa shape index (κ2) is 5.77. The van der Waals surface area contributed by atoms with Crippen molar-refractivity contribution >= 4 is 5.91 Å². The molecule has 6 heteroatoms. The minimum absolute atomic E-state index is 0.192. The van der Waals surface area contributed by atoms with Gasteiger partial charge in [-0.05, 0) is 25.9 Å². The summed E-state index contributed by atoms with van der Waals surface area (Å²) in [5.74, 6) is 5.49. The molecule has 0 aromatic heterocycles. The number of amides is 1. The molecule has 98 valence electrons. The third-order valence-electron chi connectivity index (χ3n) is 3.68. The highest BCUT2D eigenvalue weighted by atomic mass is 16.6. The van der Waals surface area contributed by atoms with Crippen molar-refractivity contribution in [1.29, 1.82) is 0 Å².